The number of aromatic nitrogens is 3. The van der Waals surface area contributed by atoms with E-state index in [1.165, 1.54) is 6.07 Å². The number of para-hydroxylation sites is 1. The number of rotatable bonds is 4. The van der Waals surface area contributed by atoms with Gasteiger partial charge in [-0.15, -0.1) is 0 Å². The predicted octanol–water partition coefficient (Wildman–Crippen LogP) is 1.84. The topological polar surface area (TPSA) is 79.8 Å². The highest BCUT2D eigenvalue weighted by Gasteiger charge is 2.08. The van der Waals surface area contributed by atoms with Crippen molar-refractivity contribution in [3.05, 3.63) is 86.8 Å². The molecular formula is C17H16N4O2. The third kappa shape index (κ3) is 3.21. The molecule has 3 aromatic rings. The lowest BCUT2D eigenvalue weighted by atomic mass is 10.2. The van der Waals surface area contributed by atoms with Gasteiger partial charge >= 0.3 is 5.69 Å². The Kier molecular flexibility index (Phi) is 4.05. The van der Waals surface area contributed by atoms with Gasteiger partial charge < -0.3 is 5.32 Å². The molecule has 6 nitrogen and oxygen atoms in total. The minimum Gasteiger partial charge on any atom is -0.367 e. The Hall–Kier alpha value is -3.15. The van der Waals surface area contributed by atoms with Crippen molar-refractivity contribution in [1.82, 2.24) is 14.5 Å². The lowest BCUT2D eigenvalue weighted by Crippen LogP contribution is -2.34. The van der Waals surface area contributed by atoms with Crippen LogP contribution in [0.15, 0.2) is 64.4 Å². The summed E-state index contributed by atoms with van der Waals surface area (Å²) in [6.45, 7) is 2.33. The summed E-state index contributed by atoms with van der Waals surface area (Å²) in [5.74, 6) is 0.383. The maximum absolute atomic E-state index is 12.3. The third-order valence-corrected chi connectivity index (χ3v) is 3.50. The molecule has 2 N–H and O–H groups in total. The molecule has 0 radical (unpaired) electrons. The van der Waals surface area contributed by atoms with E-state index in [0.717, 1.165) is 15.7 Å². The number of aryl methyl sites for hydroxylation is 1. The fourth-order valence-electron chi connectivity index (χ4n) is 2.33. The van der Waals surface area contributed by atoms with Gasteiger partial charge in [-0.25, -0.2) is 9.36 Å². The lowest BCUT2D eigenvalue weighted by Gasteiger charge is -2.10. The van der Waals surface area contributed by atoms with Crippen LogP contribution in [0.1, 0.15) is 11.1 Å². The zero-order valence-electron chi connectivity index (χ0n) is 12.6. The van der Waals surface area contributed by atoms with Crippen LogP contribution in [0.2, 0.25) is 0 Å². The van der Waals surface area contributed by atoms with Crippen LogP contribution in [0, 0.1) is 6.92 Å². The summed E-state index contributed by atoms with van der Waals surface area (Å²) in [6, 6.07) is 12.4. The number of nitrogens with zero attached hydrogens (tertiary/aromatic N) is 2. The van der Waals surface area contributed by atoms with Gasteiger partial charge in [0.1, 0.15) is 5.82 Å². The normalized spacial score (nSPS) is 10.5. The Morgan fingerprint density at radius 1 is 1.17 bits per heavy atom. The first-order valence-electron chi connectivity index (χ1n) is 7.20. The number of benzene rings is 1. The van der Waals surface area contributed by atoms with Crippen LogP contribution >= 0.6 is 0 Å². The van der Waals surface area contributed by atoms with E-state index < -0.39 is 5.69 Å². The number of pyridine rings is 1. The fraction of sp³-hybridized carbons (Fsp3) is 0.118. The Morgan fingerprint density at radius 2 is 2.00 bits per heavy atom. The van der Waals surface area contributed by atoms with E-state index in [0.29, 0.717) is 18.1 Å². The second-order valence-electron chi connectivity index (χ2n) is 5.16. The molecule has 23 heavy (non-hydrogen) atoms. The van der Waals surface area contributed by atoms with Gasteiger partial charge in [0.25, 0.3) is 5.56 Å². The van der Waals surface area contributed by atoms with Crippen LogP contribution < -0.4 is 16.6 Å². The highest BCUT2D eigenvalue weighted by Crippen LogP contribution is 2.09. The summed E-state index contributed by atoms with van der Waals surface area (Å²) in [5.41, 5.74) is 1.54. The van der Waals surface area contributed by atoms with E-state index in [-0.39, 0.29) is 5.56 Å². The molecule has 2 heterocycles. The van der Waals surface area contributed by atoms with Gasteiger partial charge in [-0.1, -0.05) is 24.3 Å². The molecule has 0 atom stereocenters. The van der Waals surface area contributed by atoms with Crippen LogP contribution in [-0.2, 0) is 6.54 Å². The third-order valence-electron chi connectivity index (χ3n) is 3.50. The van der Waals surface area contributed by atoms with Gasteiger partial charge in [0.15, 0.2) is 0 Å². The van der Waals surface area contributed by atoms with E-state index in [2.05, 4.69) is 15.3 Å². The van der Waals surface area contributed by atoms with E-state index >= 15 is 0 Å². The van der Waals surface area contributed by atoms with Crippen LogP contribution in [0.3, 0.4) is 0 Å². The van der Waals surface area contributed by atoms with Crippen LogP contribution in [0.4, 0.5) is 5.82 Å². The van der Waals surface area contributed by atoms with Gasteiger partial charge in [0.05, 0.1) is 5.69 Å². The molecule has 3 rings (SSSR count). The SMILES string of the molecule is Cc1ccccc1-n1c(=O)cc(NCc2cccnc2)[nH]c1=O. The highest BCUT2D eigenvalue weighted by molar-refractivity contribution is 5.42. The van der Waals surface area contributed by atoms with Crippen molar-refractivity contribution in [2.45, 2.75) is 13.5 Å². The van der Waals surface area contributed by atoms with Crippen LogP contribution in [-0.4, -0.2) is 14.5 Å². The zero-order chi connectivity index (χ0) is 16.2. The van der Waals surface area contributed by atoms with E-state index in [1.54, 1.807) is 24.5 Å². The molecule has 0 saturated heterocycles. The van der Waals surface area contributed by atoms with Crippen molar-refractivity contribution in [2.24, 2.45) is 0 Å². The first-order chi connectivity index (χ1) is 11.1. The Morgan fingerprint density at radius 3 is 2.70 bits per heavy atom. The van der Waals surface area contributed by atoms with E-state index in [9.17, 15) is 9.59 Å². The molecule has 2 aromatic heterocycles. The Bertz CT molecular complexity index is 898. The molecule has 0 bridgehead atoms. The average molecular weight is 308 g/mol. The highest BCUT2D eigenvalue weighted by atomic mass is 16.2. The first kappa shape index (κ1) is 14.8. The maximum atomic E-state index is 12.3. The summed E-state index contributed by atoms with van der Waals surface area (Å²) < 4.78 is 1.13. The van der Waals surface area contributed by atoms with Gasteiger partial charge in [0.2, 0.25) is 0 Å². The number of anilines is 1. The average Bonchev–Trinajstić information content (AvgIpc) is 2.55. The zero-order valence-corrected chi connectivity index (χ0v) is 12.6. The van der Waals surface area contributed by atoms with Gasteiger partial charge in [-0.05, 0) is 30.2 Å². The molecule has 1 aromatic carbocycles. The first-order valence-corrected chi connectivity index (χ1v) is 7.20. The largest absolute Gasteiger partial charge is 0.367 e. The van der Waals surface area contributed by atoms with Gasteiger partial charge in [-0.2, -0.15) is 0 Å². The van der Waals surface area contributed by atoms with Crippen molar-refractivity contribution >= 4 is 5.82 Å². The number of nitrogens with one attached hydrogen (secondary N) is 2. The summed E-state index contributed by atoms with van der Waals surface area (Å²) in [7, 11) is 0. The molecule has 6 heteroatoms. The standard InChI is InChI=1S/C17H16N4O2/c1-12-5-2-3-7-14(12)21-16(22)9-15(20-17(21)23)19-11-13-6-4-8-18-10-13/h2-10,19H,11H2,1H3,(H,20,23). The fourth-order valence-corrected chi connectivity index (χ4v) is 2.33. The predicted molar refractivity (Wildman–Crippen MR) is 89.0 cm³/mol. The quantitative estimate of drug-likeness (QED) is 0.771. The molecule has 0 saturated carbocycles. The van der Waals surface area contributed by atoms with Crippen LogP contribution in [0.5, 0.6) is 0 Å². The van der Waals surface area contributed by atoms with Crippen LogP contribution in [0.25, 0.3) is 5.69 Å². The minimum atomic E-state index is -0.472. The molecule has 0 unspecified atom stereocenters. The molecule has 116 valence electrons. The molecule has 0 fully saturated rings. The second kappa shape index (κ2) is 6.31. The summed E-state index contributed by atoms with van der Waals surface area (Å²) in [5, 5.41) is 3.03. The molecule has 0 aliphatic heterocycles. The van der Waals surface area contributed by atoms with Crippen molar-refractivity contribution < 1.29 is 0 Å². The number of H-pyrrole nitrogens is 1. The smallest absolute Gasteiger partial charge is 0.334 e. The summed E-state index contributed by atoms with van der Waals surface area (Å²) >= 11 is 0. The molecule has 0 amide bonds. The summed E-state index contributed by atoms with van der Waals surface area (Å²) in [4.78, 5) is 31.3. The van der Waals surface area contributed by atoms with Crippen molar-refractivity contribution in [3.8, 4) is 5.69 Å². The van der Waals surface area contributed by atoms with E-state index in [4.69, 9.17) is 0 Å². The number of aromatic amines is 1. The lowest BCUT2D eigenvalue weighted by molar-refractivity contribution is 0.866. The number of hydrogen-bond acceptors (Lipinski definition) is 4. The summed E-state index contributed by atoms with van der Waals surface area (Å²) in [6.07, 6.45) is 3.41. The molecule has 0 aliphatic carbocycles. The Labute approximate surface area is 132 Å². The van der Waals surface area contributed by atoms with Crippen molar-refractivity contribution in [2.75, 3.05) is 5.32 Å². The van der Waals surface area contributed by atoms with E-state index in [1.807, 2.05) is 31.2 Å². The minimum absolute atomic E-state index is 0.378. The monoisotopic (exact) mass is 308 g/mol. The Balaban J connectivity index is 1.91. The number of hydrogen-bond donors (Lipinski definition) is 2. The molecule has 0 aliphatic rings. The van der Waals surface area contributed by atoms with Gasteiger partial charge in [0, 0.05) is 25.0 Å². The van der Waals surface area contributed by atoms with Gasteiger partial charge in [-0.3, -0.25) is 14.8 Å². The maximum Gasteiger partial charge on any atom is 0.334 e. The second-order valence-corrected chi connectivity index (χ2v) is 5.16. The van der Waals surface area contributed by atoms with Crippen molar-refractivity contribution in [1.29, 1.82) is 0 Å². The molecular weight excluding hydrogens is 292 g/mol. The van der Waals surface area contributed by atoms with Crippen molar-refractivity contribution in [3.63, 3.8) is 0 Å². The molecule has 0 spiro atoms.